The average Bonchev–Trinajstić information content (AvgIpc) is 2.94. The summed E-state index contributed by atoms with van der Waals surface area (Å²) in [6, 6.07) is 13.0. The Balaban J connectivity index is 1.80. The van der Waals surface area contributed by atoms with Gasteiger partial charge in [0, 0.05) is 5.69 Å². The van der Waals surface area contributed by atoms with Gasteiger partial charge in [0.2, 0.25) is 0 Å². The highest BCUT2D eigenvalue weighted by Gasteiger charge is 2.18. The summed E-state index contributed by atoms with van der Waals surface area (Å²) in [5.41, 5.74) is 9.90. The van der Waals surface area contributed by atoms with Crippen molar-refractivity contribution in [2.45, 2.75) is 30.6 Å². The highest BCUT2D eigenvalue weighted by atomic mass is 32.2. The topological polar surface area (TPSA) is 60.2 Å². The van der Waals surface area contributed by atoms with Crippen LogP contribution in [0, 0.1) is 0 Å². The number of nitrogen functional groups attached to an aromatic ring is 1. The van der Waals surface area contributed by atoms with Crippen LogP contribution in [0.15, 0.2) is 47.4 Å². The smallest absolute Gasteiger partial charge is 0.178 e. The number of fused-ring (bicyclic) bond motifs is 1. The molecule has 0 saturated carbocycles. The van der Waals surface area contributed by atoms with Gasteiger partial charge in [-0.2, -0.15) is 0 Å². The second-order valence-corrected chi connectivity index (χ2v) is 7.66. The number of sulfone groups is 1. The SMILES string of the molecule is Nc1ccccc1CCS(=O)(=O)c1ccc2c(c1)CCC2. The molecule has 0 heterocycles. The summed E-state index contributed by atoms with van der Waals surface area (Å²) in [7, 11) is -3.25. The summed E-state index contributed by atoms with van der Waals surface area (Å²) in [4.78, 5) is 0.442. The molecule has 0 saturated heterocycles. The number of para-hydroxylation sites is 1. The molecule has 0 spiro atoms. The van der Waals surface area contributed by atoms with E-state index in [0.717, 1.165) is 24.8 Å². The molecule has 2 N–H and O–H groups in total. The molecular weight excluding hydrogens is 282 g/mol. The normalized spacial score (nSPS) is 14.1. The standard InChI is InChI=1S/C17H19NO2S/c18-17-7-2-1-4-14(17)10-11-21(19,20)16-9-8-13-5-3-6-15(13)12-16/h1-2,4,7-9,12H,3,5-6,10-11,18H2. The number of rotatable bonds is 4. The minimum Gasteiger partial charge on any atom is -0.399 e. The Morgan fingerprint density at radius 1 is 1.00 bits per heavy atom. The first-order chi connectivity index (χ1) is 10.1. The first kappa shape index (κ1) is 14.1. The van der Waals surface area contributed by atoms with Crippen molar-refractivity contribution >= 4 is 15.5 Å². The van der Waals surface area contributed by atoms with Crippen LogP contribution in [0.5, 0.6) is 0 Å². The molecule has 4 heteroatoms. The molecule has 0 fully saturated rings. The predicted molar refractivity (Wildman–Crippen MR) is 85.1 cm³/mol. The number of hydrogen-bond acceptors (Lipinski definition) is 3. The Labute approximate surface area is 125 Å². The number of aryl methyl sites for hydroxylation is 3. The summed E-state index contributed by atoms with van der Waals surface area (Å²) in [5, 5.41) is 0. The van der Waals surface area contributed by atoms with Gasteiger partial charge in [-0.1, -0.05) is 24.3 Å². The highest BCUT2D eigenvalue weighted by Crippen LogP contribution is 2.25. The van der Waals surface area contributed by atoms with E-state index in [9.17, 15) is 8.42 Å². The van der Waals surface area contributed by atoms with E-state index in [1.54, 1.807) is 12.1 Å². The molecule has 0 amide bonds. The zero-order chi connectivity index (χ0) is 14.9. The van der Waals surface area contributed by atoms with Crippen LogP contribution in [-0.4, -0.2) is 14.2 Å². The van der Waals surface area contributed by atoms with Crippen LogP contribution in [-0.2, 0) is 29.1 Å². The third kappa shape index (κ3) is 2.95. The van der Waals surface area contributed by atoms with Crippen molar-refractivity contribution in [2.24, 2.45) is 0 Å². The molecule has 110 valence electrons. The Hall–Kier alpha value is -1.81. The summed E-state index contributed by atoms with van der Waals surface area (Å²) in [5.74, 6) is 0.0972. The van der Waals surface area contributed by atoms with Crippen molar-refractivity contribution in [1.82, 2.24) is 0 Å². The Kier molecular flexibility index (Phi) is 3.72. The highest BCUT2D eigenvalue weighted by molar-refractivity contribution is 7.91. The van der Waals surface area contributed by atoms with E-state index >= 15 is 0 Å². The summed E-state index contributed by atoms with van der Waals surface area (Å²) in [6.45, 7) is 0. The molecular formula is C17H19NO2S. The molecule has 0 unspecified atom stereocenters. The molecule has 1 aliphatic carbocycles. The van der Waals surface area contributed by atoms with Crippen molar-refractivity contribution in [3.63, 3.8) is 0 Å². The van der Waals surface area contributed by atoms with Crippen molar-refractivity contribution in [3.05, 3.63) is 59.2 Å². The third-order valence-corrected chi connectivity index (χ3v) is 5.84. The molecule has 0 atom stereocenters. The van der Waals surface area contributed by atoms with E-state index in [-0.39, 0.29) is 5.75 Å². The van der Waals surface area contributed by atoms with Gasteiger partial charge in [0.05, 0.1) is 10.6 Å². The zero-order valence-electron chi connectivity index (χ0n) is 11.9. The van der Waals surface area contributed by atoms with Gasteiger partial charge in [-0.15, -0.1) is 0 Å². The van der Waals surface area contributed by atoms with Crippen LogP contribution >= 0.6 is 0 Å². The lowest BCUT2D eigenvalue weighted by Gasteiger charge is -2.08. The largest absolute Gasteiger partial charge is 0.399 e. The number of anilines is 1. The minimum absolute atomic E-state index is 0.0972. The van der Waals surface area contributed by atoms with Crippen LogP contribution in [0.2, 0.25) is 0 Å². The van der Waals surface area contributed by atoms with Crippen molar-refractivity contribution in [2.75, 3.05) is 11.5 Å². The van der Waals surface area contributed by atoms with Crippen LogP contribution in [0.25, 0.3) is 0 Å². The molecule has 21 heavy (non-hydrogen) atoms. The van der Waals surface area contributed by atoms with Gasteiger partial charge in [-0.05, 0) is 60.6 Å². The average molecular weight is 301 g/mol. The quantitative estimate of drug-likeness (QED) is 0.883. The molecule has 2 aromatic rings. The number of hydrogen-bond donors (Lipinski definition) is 1. The van der Waals surface area contributed by atoms with Gasteiger partial charge < -0.3 is 5.73 Å². The van der Waals surface area contributed by atoms with Gasteiger partial charge in [-0.25, -0.2) is 8.42 Å². The number of nitrogens with two attached hydrogens (primary N) is 1. The first-order valence-corrected chi connectivity index (χ1v) is 8.89. The second-order valence-electron chi connectivity index (χ2n) is 5.55. The van der Waals surface area contributed by atoms with Gasteiger partial charge >= 0.3 is 0 Å². The molecule has 0 aliphatic heterocycles. The summed E-state index contributed by atoms with van der Waals surface area (Å²) in [6.07, 6.45) is 3.63. The monoisotopic (exact) mass is 301 g/mol. The lowest BCUT2D eigenvalue weighted by molar-refractivity contribution is 0.595. The van der Waals surface area contributed by atoms with Crippen molar-refractivity contribution in [1.29, 1.82) is 0 Å². The van der Waals surface area contributed by atoms with E-state index in [1.165, 1.54) is 11.1 Å². The molecule has 0 aromatic heterocycles. The second kappa shape index (κ2) is 5.53. The molecule has 0 bridgehead atoms. The molecule has 3 rings (SSSR count). The number of benzene rings is 2. The summed E-state index contributed by atoms with van der Waals surface area (Å²) < 4.78 is 25.0. The Bertz CT molecular complexity index is 766. The molecule has 0 radical (unpaired) electrons. The third-order valence-electron chi connectivity index (χ3n) is 4.12. The molecule has 1 aliphatic rings. The maximum Gasteiger partial charge on any atom is 0.178 e. The Morgan fingerprint density at radius 3 is 2.57 bits per heavy atom. The lowest BCUT2D eigenvalue weighted by atomic mass is 10.1. The van der Waals surface area contributed by atoms with Gasteiger partial charge in [0.25, 0.3) is 0 Å². The maximum absolute atomic E-state index is 12.5. The van der Waals surface area contributed by atoms with Gasteiger partial charge in [-0.3, -0.25) is 0 Å². The van der Waals surface area contributed by atoms with Crippen molar-refractivity contribution in [3.8, 4) is 0 Å². The Morgan fingerprint density at radius 2 is 1.76 bits per heavy atom. The van der Waals surface area contributed by atoms with Crippen LogP contribution in [0.4, 0.5) is 5.69 Å². The van der Waals surface area contributed by atoms with Gasteiger partial charge in [0.1, 0.15) is 0 Å². The van der Waals surface area contributed by atoms with E-state index in [4.69, 9.17) is 5.73 Å². The van der Waals surface area contributed by atoms with E-state index in [2.05, 4.69) is 0 Å². The first-order valence-electron chi connectivity index (χ1n) is 7.24. The molecule has 3 nitrogen and oxygen atoms in total. The van der Waals surface area contributed by atoms with Crippen LogP contribution < -0.4 is 5.73 Å². The van der Waals surface area contributed by atoms with Gasteiger partial charge in [0.15, 0.2) is 9.84 Å². The summed E-state index contributed by atoms with van der Waals surface area (Å²) >= 11 is 0. The minimum atomic E-state index is -3.25. The van der Waals surface area contributed by atoms with E-state index < -0.39 is 9.84 Å². The fourth-order valence-corrected chi connectivity index (χ4v) is 4.19. The fourth-order valence-electron chi connectivity index (χ4n) is 2.87. The maximum atomic E-state index is 12.5. The fraction of sp³-hybridized carbons (Fsp3) is 0.294. The van der Waals surface area contributed by atoms with Crippen molar-refractivity contribution < 1.29 is 8.42 Å². The lowest BCUT2D eigenvalue weighted by Crippen LogP contribution is -2.10. The predicted octanol–water partition coefficient (Wildman–Crippen LogP) is 2.77. The zero-order valence-corrected chi connectivity index (χ0v) is 12.7. The van der Waals surface area contributed by atoms with E-state index in [0.29, 0.717) is 17.0 Å². The van der Waals surface area contributed by atoms with E-state index in [1.807, 2.05) is 30.3 Å². The van der Waals surface area contributed by atoms with Crippen LogP contribution in [0.1, 0.15) is 23.1 Å². The molecule has 2 aromatic carbocycles. The van der Waals surface area contributed by atoms with Crippen LogP contribution in [0.3, 0.4) is 0 Å².